The van der Waals surface area contributed by atoms with E-state index in [0.717, 1.165) is 4.88 Å². The monoisotopic (exact) mass is 378 g/mol. The molecular weight excluding hydrogens is 359 g/mol. The first kappa shape index (κ1) is 19.6. The summed E-state index contributed by atoms with van der Waals surface area (Å²) >= 11 is 1.25. The number of carbonyl (C=O) groups excluding carboxylic acids is 3. The largest absolute Gasteiger partial charge is 0.449 e. The predicted molar refractivity (Wildman–Crippen MR) is 98.0 cm³/mol. The van der Waals surface area contributed by atoms with Crippen molar-refractivity contribution in [1.82, 2.24) is 0 Å². The van der Waals surface area contributed by atoms with E-state index in [1.54, 1.807) is 13.0 Å². The highest BCUT2D eigenvalue weighted by atomic mass is 32.1. The maximum absolute atomic E-state index is 13.6. The Morgan fingerprint density at radius 1 is 1.15 bits per heavy atom. The van der Waals surface area contributed by atoms with Crippen molar-refractivity contribution < 1.29 is 23.5 Å². The van der Waals surface area contributed by atoms with Crippen LogP contribution in [0.15, 0.2) is 24.3 Å². The van der Waals surface area contributed by atoms with Gasteiger partial charge in [0.1, 0.15) is 10.8 Å². The smallest absolute Gasteiger partial charge is 0.342 e. The number of rotatable bonds is 5. The summed E-state index contributed by atoms with van der Waals surface area (Å²) in [6.07, 6.45) is -1.15. The summed E-state index contributed by atoms with van der Waals surface area (Å²) < 4.78 is 18.8. The Bertz CT molecular complexity index is 863. The lowest BCUT2D eigenvalue weighted by atomic mass is 10.1. The lowest BCUT2D eigenvalue weighted by Crippen LogP contribution is -2.30. The summed E-state index contributed by atoms with van der Waals surface area (Å²) in [6.45, 7) is 6.28. The van der Waals surface area contributed by atoms with Gasteiger partial charge < -0.3 is 15.4 Å². The van der Waals surface area contributed by atoms with E-state index >= 15 is 0 Å². The van der Waals surface area contributed by atoms with Gasteiger partial charge in [-0.1, -0.05) is 12.1 Å². The Hall–Kier alpha value is -2.74. The van der Waals surface area contributed by atoms with Crippen LogP contribution >= 0.6 is 11.3 Å². The van der Waals surface area contributed by atoms with Crippen LogP contribution in [0.4, 0.5) is 15.1 Å². The lowest BCUT2D eigenvalue weighted by Gasteiger charge is -2.14. The predicted octanol–water partition coefficient (Wildman–Crippen LogP) is 3.65. The first-order chi connectivity index (χ1) is 12.2. The Morgan fingerprint density at radius 3 is 2.42 bits per heavy atom. The van der Waals surface area contributed by atoms with Gasteiger partial charge >= 0.3 is 5.97 Å². The summed E-state index contributed by atoms with van der Waals surface area (Å²) in [4.78, 5) is 36.8. The molecule has 1 heterocycles. The standard InChI is InChI=1S/C18H19FN2O4S/c1-9-11(3)26-17(20-12(4)22)15(9)18(24)25-10(2)16(23)21-14-8-6-5-7-13(14)19/h5-8,10H,1-4H3,(H,20,22)(H,21,23). The summed E-state index contributed by atoms with van der Waals surface area (Å²) in [7, 11) is 0. The molecule has 0 radical (unpaired) electrons. The second-order valence-corrected chi connectivity index (χ2v) is 6.91. The van der Waals surface area contributed by atoms with E-state index in [4.69, 9.17) is 4.74 Å². The van der Waals surface area contributed by atoms with Gasteiger partial charge in [0, 0.05) is 11.8 Å². The zero-order valence-corrected chi connectivity index (χ0v) is 15.6. The van der Waals surface area contributed by atoms with E-state index in [1.165, 1.54) is 43.4 Å². The molecule has 0 aliphatic carbocycles. The third-order valence-corrected chi connectivity index (χ3v) is 4.79. The quantitative estimate of drug-likeness (QED) is 0.778. The minimum Gasteiger partial charge on any atom is -0.449 e. The molecule has 1 unspecified atom stereocenters. The number of amides is 2. The van der Waals surface area contributed by atoms with E-state index in [9.17, 15) is 18.8 Å². The number of ether oxygens (including phenoxy) is 1. The van der Waals surface area contributed by atoms with Gasteiger partial charge in [-0.2, -0.15) is 0 Å². The molecule has 0 saturated carbocycles. The Morgan fingerprint density at radius 2 is 1.81 bits per heavy atom. The fourth-order valence-corrected chi connectivity index (χ4v) is 3.29. The molecular formula is C18H19FN2O4S. The number of aryl methyl sites for hydroxylation is 1. The summed E-state index contributed by atoms with van der Waals surface area (Å²) in [5.74, 6) is -2.29. The van der Waals surface area contributed by atoms with Crippen LogP contribution in [0.1, 0.15) is 34.6 Å². The Balaban J connectivity index is 2.13. The number of hydrogen-bond acceptors (Lipinski definition) is 5. The molecule has 26 heavy (non-hydrogen) atoms. The number of halogens is 1. The van der Waals surface area contributed by atoms with Crippen molar-refractivity contribution in [3.05, 3.63) is 46.1 Å². The number of nitrogens with one attached hydrogen (secondary N) is 2. The number of esters is 1. The SMILES string of the molecule is CC(=O)Nc1sc(C)c(C)c1C(=O)OC(C)C(=O)Nc1ccccc1F. The molecule has 8 heteroatoms. The van der Waals surface area contributed by atoms with Gasteiger partial charge in [0.25, 0.3) is 5.91 Å². The molecule has 138 valence electrons. The van der Waals surface area contributed by atoms with Gasteiger partial charge in [-0.25, -0.2) is 9.18 Å². The molecule has 1 aromatic carbocycles. The third-order valence-electron chi connectivity index (χ3n) is 3.66. The average Bonchev–Trinajstić information content (AvgIpc) is 2.82. The van der Waals surface area contributed by atoms with Crippen LogP contribution in [-0.4, -0.2) is 23.9 Å². The molecule has 6 nitrogen and oxygen atoms in total. The van der Waals surface area contributed by atoms with E-state index in [2.05, 4.69) is 10.6 Å². The molecule has 1 atom stereocenters. The second kappa shape index (κ2) is 8.09. The van der Waals surface area contributed by atoms with Gasteiger partial charge in [0.15, 0.2) is 6.10 Å². The minimum atomic E-state index is -1.15. The highest BCUT2D eigenvalue weighted by Gasteiger charge is 2.26. The van der Waals surface area contributed by atoms with E-state index in [-0.39, 0.29) is 17.2 Å². The van der Waals surface area contributed by atoms with Crippen molar-refractivity contribution in [3.63, 3.8) is 0 Å². The molecule has 0 aliphatic rings. The third kappa shape index (κ3) is 4.45. The number of para-hydroxylation sites is 1. The molecule has 0 fully saturated rings. The molecule has 2 aromatic rings. The van der Waals surface area contributed by atoms with Crippen LogP contribution in [0.5, 0.6) is 0 Å². The molecule has 0 aliphatic heterocycles. The van der Waals surface area contributed by atoms with Crippen molar-refractivity contribution in [3.8, 4) is 0 Å². The van der Waals surface area contributed by atoms with Gasteiger partial charge in [-0.3, -0.25) is 9.59 Å². The highest BCUT2D eigenvalue weighted by Crippen LogP contribution is 2.33. The topological polar surface area (TPSA) is 84.5 Å². The lowest BCUT2D eigenvalue weighted by molar-refractivity contribution is -0.123. The molecule has 2 amide bonds. The highest BCUT2D eigenvalue weighted by molar-refractivity contribution is 7.16. The maximum atomic E-state index is 13.6. The van der Waals surface area contributed by atoms with Gasteiger partial charge in [0.05, 0.1) is 11.3 Å². The van der Waals surface area contributed by atoms with E-state index in [0.29, 0.717) is 10.6 Å². The second-order valence-electron chi connectivity index (χ2n) is 5.69. The first-order valence-electron chi connectivity index (χ1n) is 7.84. The Labute approximate surface area is 154 Å². The van der Waals surface area contributed by atoms with Crippen LogP contribution in [0.25, 0.3) is 0 Å². The number of carbonyl (C=O) groups is 3. The van der Waals surface area contributed by atoms with Crippen LogP contribution in [0.3, 0.4) is 0 Å². The van der Waals surface area contributed by atoms with Gasteiger partial charge in [-0.15, -0.1) is 11.3 Å². The molecule has 2 rings (SSSR count). The van der Waals surface area contributed by atoms with Crippen molar-refractivity contribution in [2.45, 2.75) is 33.8 Å². The first-order valence-corrected chi connectivity index (χ1v) is 8.66. The Kier molecular flexibility index (Phi) is 6.10. The molecule has 0 spiro atoms. The van der Waals surface area contributed by atoms with Crippen molar-refractivity contribution >= 4 is 39.8 Å². The van der Waals surface area contributed by atoms with Crippen molar-refractivity contribution in [1.29, 1.82) is 0 Å². The zero-order valence-electron chi connectivity index (χ0n) is 14.8. The fraction of sp³-hybridized carbons (Fsp3) is 0.278. The number of thiophene rings is 1. The molecule has 0 saturated heterocycles. The van der Waals surface area contributed by atoms with Crippen LogP contribution in [0, 0.1) is 19.7 Å². The molecule has 2 N–H and O–H groups in total. The minimum absolute atomic E-state index is 0.00175. The molecule has 1 aromatic heterocycles. The maximum Gasteiger partial charge on any atom is 0.342 e. The van der Waals surface area contributed by atoms with E-state index < -0.39 is 23.8 Å². The summed E-state index contributed by atoms with van der Waals surface area (Å²) in [6, 6.07) is 5.69. The van der Waals surface area contributed by atoms with Crippen LogP contribution < -0.4 is 10.6 Å². The summed E-state index contributed by atoms with van der Waals surface area (Å²) in [5, 5.41) is 5.34. The molecule has 0 bridgehead atoms. The number of benzene rings is 1. The normalized spacial score (nSPS) is 11.6. The van der Waals surface area contributed by atoms with E-state index in [1.807, 2.05) is 6.92 Å². The summed E-state index contributed by atoms with van der Waals surface area (Å²) in [5.41, 5.74) is 0.889. The average molecular weight is 378 g/mol. The van der Waals surface area contributed by atoms with Crippen LogP contribution in [0.2, 0.25) is 0 Å². The number of hydrogen-bond donors (Lipinski definition) is 2. The van der Waals surface area contributed by atoms with Crippen LogP contribution in [-0.2, 0) is 14.3 Å². The van der Waals surface area contributed by atoms with Crippen molar-refractivity contribution in [2.24, 2.45) is 0 Å². The van der Waals surface area contributed by atoms with Crippen molar-refractivity contribution in [2.75, 3.05) is 10.6 Å². The van der Waals surface area contributed by atoms with Gasteiger partial charge in [0.2, 0.25) is 5.91 Å². The van der Waals surface area contributed by atoms with Gasteiger partial charge in [-0.05, 0) is 38.5 Å². The zero-order chi connectivity index (χ0) is 19.4. The fourth-order valence-electron chi connectivity index (χ4n) is 2.19. The number of anilines is 2.